The zero-order valence-corrected chi connectivity index (χ0v) is 16.5. The maximum Gasteiger partial charge on any atom is 0.350 e. The summed E-state index contributed by atoms with van der Waals surface area (Å²) in [6.45, 7) is 3.25. The van der Waals surface area contributed by atoms with Crippen LogP contribution in [0.3, 0.4) is 0 Å². The summed E-state index contributed by atoms with van der Waals surface area (Å²) in [6, 6.07) is 15.9. The Bertz CT molecular complexity index is 932. The third-order valence-electron chi connectivity index (χ3n) is 3.96. The van der Waals surface area contributed by atoms with Crippen molar-refractivity contribution in [2.24, 2.45) is 0 Å². The van der Waals surface area contributed by atoms with E-state index >= 15 is 0 Å². The number of carbonyl (C=O) groups excluding carboxylic acids is 1. The molecule has 0 aliphatic heterocycles. The van der Waals surface area contributed by atoms with Crippen LogP contribution in [0.25, 0.3) is 11.3 Å². The lowest BCUT2D eigenvalue weighted by Crippen LogP contribution is -2.39. The van der Waals surface area contributed by atoms with Gasteiger partial charge in [0.05, 0.1) is 7.11 Å². The topological polar surface area (TPSA) is 70.8 Å². The maximum absolute atomic E-state index is 12.4. The molecule has 0 N–H and O–H groups in total. The summed E-state index contributed by atoms with van der Waals surface area (Å²) in [4.78, 5) is 12.4. The number of nitrogens with zero attached hydrogens (tertiary/aromatic N) is 1. The highest BCUT2D eigenvalue weighted by Crippen LogP contribution is 2.24. The molecule has 0 atom stereocenters. The van der Waals surface area contributed by atoms with E-state index in [-0.39, 0.29) is 6.61 Å². The van der Waals surface area contributed by atoms with E-state index in [2.05, 4.69) is 5.16 Å². The molecule has 0 saturated carbocycles. The number of ether oxygens (including phenoxy) is 3. The van der Waals surface area contributed by atoms with Crippen molar-refractivity contribution in [1.29, 1.82) is 0 Å². The van der Waals surface area contributed by atoms with Crippen molar-refractivity contribution >= 4 is 17.6 Å². The molecule has 1 heterocycles. The standard InChI is InChI=1S/C21H20ClNO5/c1-21(2,27-18-10-6-15(22)7-11-18)20(24)26-13-16-12-19(28-23-16)14-4-8-17(25-3)9-5-14/h4-12H,13H2,1-3H3. The first-order valence-electron chi connectivity index (χ1n) is 8.59. The molecular weight excluding hydrogens is 382 g/mol. The van der Waals surface area contributed by atoms with E-state index in [4.69, 9.17) is 30.3 Å². The first-order chi connectivity index (χ1) is 13.4. The summed E-state index contributed by atoms with van der Waals surface area (Å²) in [7, 11) is 1.61. The average molecular weight is 402 g/mol. The molecule has 6 nitrogen and oxygen atoms in total. The van der Waals surface area contributed by atoms with Gasteiger partial charge in [-0.15, -0.1) is 0 Å². The summed E-state index contributed by atoms with van der Waals surface area (Å²) in [5.41, 5.74) is 0.176. The van der Waals surface area contributed by atoms with Gasteiger partial charge in [0.15, 0.2) is 11.4 Å². The second kappa shape index (κ2) is 8.35. The van der Waals surface area contributed by atoms with Crippen LogP contribution in [0.5, 0.6) is 11.5 Å². The Kier molecular flexibility index (Phi) is 5.90. The van der Waals surface area contributed by atoms with Gasteiger partial charge in [-0.25, -0.2) is 4.79 Å². The Morgan fingerprint density at radius 3 is 2.36 bits per heavy atom. The van der Waals surface area contributed by atoms with Gasteiger partial charge in [-0.05, 0) is 62.4 Å². The molecule has 1 aromatic heterocycles. The van der Waals surface area contributed by atoms with Gasteiger partial charge in [0.2, 0.25) is 0 Å². The number of methoxy groups -OCH3 is 1. The molecule has 0 radical (unpaired) electrons. The van der Waals surface area contributed by atoms with Crippen LogP contribution in [0.1, 0.15) is 19.5 Å². The molecule has 7 heteroatoms. The van der Waals surface area contributed by atoms with Crippen LogP contribution in [0.4, 0.5) is 0 Å². The van der Waals surface area contributed by atoms with Crippen LogP contribution in [0, 0.1) is 0 Å². The van der Waals surface area contributed by atoms with E-state index < -0.39 is 11.6 Å². The van der Waals surface area contributed by atoms with Crippen molar-refractivity contribution in [2.75, 3.05) is 7.11 Å². The molecule has 146 valence electrons. The predicted octanol–water partition coefficient (Wildman–Crippen LogP) is 4.90. The molecule has 0 aliphatic carbocycles. The lowest BCUT2D eigenvalue weighted by Gasteiger charge is -2.24. The molecule has 3 aromatic rings. The second-order valence-corrected chi connectivity index (χ2v) is 6.99. The molecule has 0 fully saturated rings. The fourth-order valence-electron chi connectivity index (χ4n) is 2.42. The van der Waals surface area contributed by atoms with E-state index in [0.29, 0.717) is 22.2 Å². The molecule has 0 saturated heterocycles. The Balaban J connectivity index is 1.59. The van der Waals surface area contributed by atoms with Crippen LogP contribution < -0.4 is 9.47 Å². The highest BCUT2D eigenvalue weighted by molar-refractivity contribution is 6.30. The predicted molar refractivity (Wildman–Crippen MR) is 104 cm³/mol. The first kappa shape index (κ1) is 19.8. The lowest BCUT2D eigenvalue weighted by molar-refractivity contribution is -0.160. The quantitative estimate of drug-likeness (QED) is 0.524. The van der Waals surface area contributed by atoms with Crippen LogP contribution in [0.2, 0.25) is 5.02 Å². The highest BCUT2D eigenvalue weighted by atomic mass is 35.5. The second-order valence-electron chi connectivity index (χ2n) is 6.55. The van der Waals surface area contributed by atoms with E-state index in [1.165, 1.54) is 0 Å². The number of benzene rings is 2. The van der Waals surface area contributed by atoms with Crippen LogP contribution in [-0.2, 0) is 16.1 Å². The van der Waals surface area contributed by atoms with Crippen LogP contribution >= 0.6 is 11.6 Å². The van der Waals surface area contributed by atoms with E-state index in [9.17, 15) is 4.79 Å². The van der Waals surface area contributed by atoms with Gasteiger partial charge in [-0.3, -0.25) is 0 Å². The van der Waals surface area contributed by atoms with E-state index in [1.807, 2.05) is 24.3 Å². The molecule has 0 spiro atoms. The summed E-state index contributed by atoms with van der Waals surface area (Å²) in [6.07, 6.45) is 0. The van der Waals surface area contributed by atoms with Gasteiger partial charge in [-0.1, -0.05) is 16.8 Å². The summed E-state index contributed by atoms with van der Waals surface area (Å²) in [5, 5.41) is 4.53. The maximum atomic E-state index is 12.4. The fraction of sp³-hybridized carbons (Fsp3) is 0.238. The smallest absolute Gasteiger partial charge is 0.350 e. The molecule has 2 aromatic carbocycles. The third kappa shape index (κ3) is 4.84. The Labute approximate surface area is 168 Å². The summed E-state index contributed by atoms with van der Waals surface area (Å²) >= 11 is 5.86. The number of hydrogen-bond acceptors (Lipinski definition) is 6. The van der Waals surface area contributed by atoms with Gasteiger partial charge in [0.25, 0.3) is 0 Å². The lowest BCUT2D eigenvalue weighted by atomic mass is 10.1. The normalized spacial score (nSPS) is 11.1. The van der Waals surface area contributed by atoms with Crippen LogP contribution in [0.15, 0.2) is 59.1 Å². The van der Waals surface area contributed by atoms with E-state index in [0.717, 1.165) is 11.3 Å². The number of hydrogen-bond donors (Lipinski definition) is 0. The number of aromatic nitrogens is 1. The van der Waals surface area contributed by atoms with Crippen molar-refractivity contribution in [3.05, 3.63) is 65.3 Å². The summed E-state index contributed by atoms with van der Waals surface area (Å²) in [5.74, 6) is 1.33. The minimum atomic E-state index is -1.17. The average Bonchev–Trinajstić information content (AvgIpc) is 3.17. The largest absolute Gasteiger partial charge is 0.497 e. The zero-order valence-electron chi connectivity index (χ0n) is 15.8. The Hall–Kier alpha value is -2.99. The molecule has 0 aliphatic rings. The van der Waals surface area contributed by atoms with Crippen molar-refractivity contribution in [1.82, 2.24) is 5.16 Å². The molecular formula is C21H20ClNO5. The third-order valence-corrected chi connectivity index (χ3v) is 4.21. The molecule has 3 rings (SSSR count). The number of esters is 1. The molecule has 0 bridgehead atoms. The van der Waals surface area contributed by atoms with E-state index in [1.54, 1.807) is 51.3 Å². The minimum absolute atomic E-state index is 0.0219. The molecule has 0 amide bonds. The zero-order chi connectivity index (χ0) is 20.1. The van der Waals surface area contributed by atoms with Gasteiger partial charge >= 0.3 is 5.97 Å². The fourth-order valence-corrected chi connectivity index (χ4v) is 2.55. The van der Waals surface area contributed by atoms with Gasteiger partial charge in [0, 0.05) is 16.7 Å². The highest BCUT2D eigenvalue weighted by Gasteiger charge is 2.32. The van der Waals surface area contributed by atoms with Crippen molar-refractivity contribution in [3.8, 4) is 22.8 Å². The number of halogens is 1. The monoisotopic (exact) mass is 401 g/mol. The first-order valence-corrected chi connectivity index (χ1v) is 8.97. The van der Waals surface area contributed by atoms with Crippen molar-refractivity contribution in [3.63, 3.8) is 0 Å². The van der Waals surface area contributed by atoms with Gasteiger partial charge in [-0.2, -0.15) is 0 Å². The molecule has 0 unspecified atom stereocenters. The Morgan fingerprint density at radius 2 is 1.71 bits per heavy atom. The number of rotatable bonds is 7. The van der Waals surface area contributed by atoms with Gasteiger partial charge in [0.1, 0.15) is 23.8 Å². The molecule has 28 heavy (non-hydrogen) atoms. The summed E-state index contributed by atoms with van der Waals surface area (Å²) < 4.78 is 21.5. The van der Waals surface area contributed by atoms with Crippen molar-refractivity contribution < 1.29 is 23.5 Å². The Morgan fingerprint density at radius 1 is 1.07 bits per heavy atom. The number of carbonyl (C=O) groups is 1. The minimum Gasteiger partial charge on any atom is -0.497 e. The van der Waals surface area contributed by atoms with Crippen LogP contribution in [-0.4, -0.2) is 23.8 Å². The van der Waals surface area contributed by atoms with Crippen molar-refractivity contribution in [2.45, 2.75) is 26.1 Å². The van der Waals surface area contributed by atoms with Gasteiger partial charge < -0.3 is 18.7 Å². The SMILES string of the molecule is COc1ccc(-c2cc(COC(=O)C(C)(C)Oc3ccc(Cl)cc3)no2)cc1.